The maximum atomic E-state index is 12.3. The molecule has 0 N–H and O–H groups in total. The van der Waals surface area contributed by atoms with Crippen molar-refractivity contribution in [1.82, 2.24) is 0 Å². The summed E-state index contributed by atoms with van der Waals surface area (Å²) in [4.78, 5) is 24.0. The standard InChI is InChI=1S/C15H18N2O3/c1-5-20-15(19)12-8-16-17(14(12)18)13-10(3)6-9(2)7-11(13)4/h6-8,12H,5H2,1-4H3. The van der Waals surface area contributed by atoms with E-state index in [1.165, 1.54) is 11.2 Å². The van der Waals surface area contributed by atoms with E-state index < -0.39 is 11.9 Å². The Kier molecular flexibility index (Phi) is 3.88. The molecule has 1 aromatic rings. The van der Waals surface area contributed by atoms with Crippen molar-refractivity contribution >= 4 is 23.8 Å². The van der Waals surface area contributed by atoms with Crippen LogP contribution < -0.4 is 5.01 Å². The largest absolute Gasteiger partial charge is 0.465 e. The molecule has 1 atom stereocenters. The number of hydrazone groups is 1. The Morgan fingerprint density at radius 1 is 1.30 bits per heavy atom. The Morgan fingerprint density at radius 2 is 1.90 bits per heavy atom. The minimum Gasteiger partial charge on any atom is -0.465 e. The molecule has 5 nitrogen and oxygen atoms in total. The minimum atomic E-state index is -0.935. The maximum Gasteiger partial charge on any atom is 0.324 e. The molecule has 1 amide bonds. The van der Waals surface area contributed by atoms with E-state index in [0.29, 0.717) is 0 Å². The molecule has 1 heterocycles. The molecule has 0 radical (unpaired) electrons. The predicted molar refractivity (Wildman–Crippen MR) is 76.8 cm³/mol. The van der Waals surface area contributed by atoms with Crippen molar-refractivity contribution in [2.75, 3.05) is 11.6 Å². The first-order chi connectivity index (χ1) is 9.45. The van der Waals surface area contributed by atoms with Gasteiger partial charge in [-0.15, -0.1) is 0 Å². The average molecular weight is 274 g/mol. The number of aryl methyl sites for hydroxylation is 3. The van der Waals surface area contributed by atoms with E-state index in [2.05, 4.69) is 5.10 Å². The van der Waals surface area contributed by atoms with Gasteiger partial charge in [-0.3, -0.25) is 9.59 Å². The summed E-state index contributed by atoms with van der Waals surface area (Å²) in [7, 11) is 0. The number of amides is 1. The highest BCUT2D eigenvalue weighted by molar-refractivity contribution is 6.20. The zero-order valence-electron chi connectivity index (χ0n) is 12.1. The third-order valence-corrected chi connectivity index (χ3v) is 3.19. The summed E-state index contributed by atoms with van der Waals surface area (Å²) in [5.41, 5.74) is 3.78. The van der Waals surface area contributed by atoms with Gasteiger partial charge in [-0.2, -0.15) is 10.1 Å². The summed E-state index contributed by atoms with van der Waals surface area (Å²) in [6.07, 6.45) is 1.35. The van der Waals surface area contributed by atoms with Crippen LogP contribution in [0.25, 0.3) is 0 Å². The number of carbonyl (C=O) groups is 2. The van der Waals surface area contributed by atoms with Crippen LogP contribution in [0.15, 0.2) is 17.2 Å². The molecule has 1 aliphatic heterocycles. The van der Waals surface area contributed by atoms with Gasteiger partial charge in [0.05, 0.1) is 12.3 Å². The lowest BCUT2D eigenvalue weighted by molar-refractivity contribution is -0.147. The van der Waals surface area contributed by atoms with Crippen molar-refractivity contribution in [2.45, 2.75) is 27.7 Å². The molecule has 5 heteroatoms. The number of carbonyl (C=O) groups excluding carboxylic acids is 2. The van der Waals surface area contributed by atoms with Gasteiger partial charge in [-0.25, -0.2) is 0 Å². The molecule has 0 saturated carbocycles. The van der Waals surface area contributed by atoms with Crippen molar-refractivity contribution in [1.29, 1.82) is 0 Å². The zero-order chi connectivity index (χ0) is 14.9. The fraction of sp³-hybridized carbons (Fsp3) is 0.400. The summed E-state index contributed by atoms with van der Waals surface area (Å²) < 4.78 is 4.88. The van der Waals surface area contributed by atoms with E-state index in [4.69, 9.17) is 4.74 Å². The van der Waals surface area contributed by atoms with Crippen LogP contribution in [0.2, 0.25) is 0 Å². The Balaban J connectivity index is 2.31. The maximum absolute atomic E-state index is 12.3. The third kappa shape index (κ3) is 2.43. The minimum absolute atomic E-state index is 0.249. The van der Waals surface area contributed by atoms with Gasteiger partial charge in [0.2, 0.25) is 0 Å². The molecule has 0 spiro atoms. The van der Waals surface area contributed by atoms with Crippen LogP contribution in [-0.4, -0.2) is 24.7 Å². The Bertz CT molecular complexity index is 570. The number of esters is 1. The van der Waals surface area contributed by atoms with E-state index >= 15 is 0 Å². The fourth-order valence-corrected chi connectivity index (χ4v) is 2.45. The third-order valence-electron chi connectivity index (χ3n) is 3.19. The topological polar surface area (TPSA) is 59.0 Å². The van der Waals surface area contributed by atoms with E-state index in [0.717, 1.165) is 22.4 Å². The summed E-state index contributed by atoms with van der Waals surface area (Å²) in [5.74, 6) is -1.85. The van der Waals surface area contributed by atoms with Gasteiger partial charge in [-0.1, -0.05) is 17.7 Å². The van der Waals surface area contributed by atoms with Gasteiger partial charge in [-0.05, 0) is 38.8 Å². The smallest absolute Gasteiger partial charge is 0.324 e. The molecule has 0 bridgehead atoms. The quantitative estimate of drug-likeness (QED) is 0.626. The first kappa shape index (κ1) is 14.2. The van der Waals surface area contributed by atoms with Gasteiger partial charge in [0.1, 0.15) is 0 Å². The Morgan fingerprint density at radius 3 is 2.45 bits per heavy atom. The van der Waals surface area contributed by atoms with Crippen molar-refractivity contribution < 1.29 is 14.3 Å². The number of benzene rings is 1. The van der Waals surface area contributed by atoms with Crippen molar-refractivity contribution in [3.63, 3.8) is 0 Å². The lowest BCUT2D eigenvalue weighted by atomic mass is 10.0. The number of rotatable bonds is 3. The van der Waals surface area contributed by atoms with Gasteiger partial charge < -0.3 is 4.74 Å². The first-order valence-corrected chi connectivity index (χ1v) is 6.58. The predicted octanol–water partition coefficient (Wildman–Crippen LogP) is 2.12. The average Bonchev–Trinajstić information content (AvgIpc) is 2.71. The second-order valence-corrected chi connectivity index (χ2v) is 4.89. The Hall–Kier alpha value is -2.17. The lowest BCUT2D eigenvalue weighted by Crippen LogP contribution is -2.32. The van der Waals surface area contributed by atoms with Crippen LogP contribution in [0.5, 0.6) is 0 Å². The highest BCUT2D eigenvalue weighted by Crippen LogP contribution is 2.30. The molecule has 1 aromatic carbocycles. The van der Waals surface area contributed by atoms with Crippen molar-refractivity contribution in [2.24, 2.45) is 11.0 Å². The molecule has 2 rings (SSSR count). The molecule has 20 heavy (non-hydrogen) atoms. The summed E-state index contributed by atoms with van der Waals surface area (Å²) >= 11 is 0. The van der Waals surface area contributed by atoms with Crippen LogP contribution in [-0.2, 0) is 14.3 Å². The lowest BCUT2D eigenvalue weighted by Gasteiger charge is -2.19. The molecule has 0 aliphatic carbocycles. The highest BCUT2D eigenvalue weighted by Gasteiger charge is 2.37. The summed E-state index contributed by atoms with van der Waals surface area (Å²) in [6, 6.07) is 3.98. The van der Waals surface area contributed by atoms with E-state index in [-0.39, 0.29) is 12.5 Å². The second-order valence-electron chi connectivity index (χ2n) is 4.89. The number of nitrogens with zero attached hydrogens (tertiary/aromatic N) is 2. The van der Waals surface area contributed by atoms with Crippen molar-refractivity contribution in [3.05, 3.63) is 28.8 Å². The van der Waals surface area contributed by atoms with E-state index in [9.17, 15) is 9.59 Å². The van der Waals surface area contributed by atoms with Crippen LogP contribution in [0.4, 0.5) is 5.69 Å². The molecule has 0 fully saturated rings. The first-order valence-electron chi connectivity index (χ1n) is 6.58. The van der Waals surface area contributed by atoms with E-state index in [1.54, 1.807) is 6.92 Å². The van der Waals surface area contributed by atoms with Crippen LogP contribution >= 0.6 is 0 Å². The number of hydrogen-bond acceptors (Lipinski definition) is 4. The zero-order valence-corrected chi connectivity index (χ0v) is 12.1. The van der Waals surface area contributed by atoms with Crippen LogP contribution in [0.3, 0.4) is 0 Å². The van der Waals surface area contributed by atoms with Crippen LogP contribution in [0, 0.1) is 26.7 Å². The SMILES string of the molecule is CCOC(=O)C1C=NN(c2c(C)cc(C)cc2C)C1=O. The fourth-order valence-electron chi connectivity index (χ4n) is 2.45. The summed E-state index contributed by atoms with van der Waals surface area (Å²) in [5, 5.41) is 5.38. The number of anilines is 1. The van der Waals surface area contributed by atoms with E-state index in [1.807, 2.05) is 32.9 Å². The van der Waals surface area contributed by atoms with Gasteiger partial charge in [0, 0.05) is 6.21 Å². The molecule has 1 unspecified atom stereocenters. The number of ether oxygens (including phenoxy) is 1. The molecule has 106 valence electrons. The molecular weight excluding hydrogens is 256 g/mol. The van der Waals surface area contributed by atoms with Crippen LogP contribution in [0.1, 0.15) is 23.6 Å². The second kappa shape index (κ2) is 5.45. The van der Waals surface area contributed by atoms with Gasteiger partial charge >= 0.3 is 5.97 Å². The van der Waals surface area contributed by atoms with Gasteiger partial charge in [0.25, 0.3) is 5.91 Å². The van der Waals surface area contributed by atoms with Crippen molar-refractivity contribution in [3.8, 4) is 0 Å². The normalized spacial score (nSPS) is 17.7. The molecule has 0 aromatic heterocycles. The molecular formula is C15H18N2O3. The molecule has 1 aliphatic rings. The monoisotopic (exact) mass is 274 g/mol. The molecule has 0 saturated heterocycles. The summed E-state index contributed by atoms with van der Waals surface area (Å²) in [6.45, 7) is 7.81. The number of hydrogen-bond donors (Lipinski definition) is 0. The van der Waals surface area contributed by atoms with Gasteiger partial charge in [0.15, 0.2) is 5.92 Å². The Labute approximate surface area is 118 Å². The highest BCUT2D eigenvalue weighted by atomic mass is 16.5.